The van der Waals surface area contributed by atoms with Gasteiger partial charge in [-0.05, 0) is 41.8 Å². The van der Waals surface area contributed by atoms with Crippen molar-refractivity contribution in [2.75, 3.05) is 19.9 Å². The van der Waals surface area contributed by atoms with Crippen LogP contribution in [0.2, 0.25) is 0 Å². The minimum Gasteiger partial charge on any atom is -0.373 e. The molecule has 0 spiro atoms. The number of likely N-dealkylation sites (N-methyl/N-ethyl adjacent to an activating group) is 1. The first-order chi connectivity index (χ1) is 15.6. The number of amides is 1. The second-order valence-electron chi connectivity index (χ2n) is 8.19. The van der Waals surface area contributed by atoms with Crippen molar-refractivity contribution in [2.45, 2.75) is 17.5 Å². The molecule has 0 saturated heterocycles. The van der Waals surface area contributed by atoms with Gasteiger partial charge in [0.25, 0.3) is 11.5 Å². The van der Waals surface area contributed by atoms with E-state index in [1.54, 1.807) is 25.2 Å². The Kier molecular flexibility index (Phi) is 4.87. The molecule has 0 bridgehead atoms. The number of hydrogen-bond donors (Lipinski definition) is 2. The fraction of sp³-hybridized carbons (Fsp3) is 0.217. The van der Waals surface area contributed by atoms with Crippen molar-refractivity contribution in [3.8, 4) is 0 Å². The molecular weight excluding hydrogens is 449 g/mol. The Morgan fingerprint density at radius 3 is 2.67 bits per heavy atom. The number of benzene rings is 2. The zero-order valence-electron chi connectivity index (χ0n) is 17.8. The summed E-state index contributed by atoms with van der Waals surface area (Å²) < 4.78 is 43.1. The summed E-state index contributed by atoms with van der Waals surface area (Å²) >= 11 is 0. The first-order valence-corrected chi connectivity index (χ1v) is 12.0. The van der Waals surface area contributed by atoms with E-state index in [9.17, 15) is 22.4 Å². The Morgan fingerprint density at radius 2 is 1.91 bits per heavy atom. The summed E-state index contributed by atoms with van der Waals surface area (Å²) in [5.74, 6) is -0.859. The lowest BCUT2D eigenvalue weighted by atomic mass is 9.95. The van der Waals surface area contributed by atoms with E-state index in [-0.39, 0.29) is 35.1 Å². The van der Waals surface area contributed by atoms with E-state index < -0.39 is 27.3 Å². The Hall–Kier alpha value is -3.50. The highest BCUT2D eigenvalue weighted by Gasteiger charge is 2.31. The van der Waals surface area contributed by atoms with Crippen molar-refractivity contribution in [1.29, 1.82) is 0 Å². The molecule has 1 aliphatic heterocycles. The van der Waals surface area contributed by atoms with Gasteiger partial charge < -0.3 is 19.6 Å². The minimum absolute atomic E-state index is 0.165. The number of rotatable bonds is 3. The third-order valence-corrected chi connectivity index (χ3v) is 7.11. The fourth-order valence-electron chi connectivity index (χ4n) is 4.32. The molecule has 2 N–H and O–H groups in total. The summed E-state index contributed by atoms with van der Waals surface area (Å²) in [5, 5.41) is 1.37. The van der Waals surface area contributed by atoms with Gasteiger partial charge in [0, 0.05) is 35.5 Å². The average molecular weight is 469 g/mol. The van der Waals surface area contributed by atoms with E-state index in [1.807, 2.05) is 0 Å². The number of hydrogen-bond acceptors (Lipinski definition) is 5. The van der Waals surface area contributed by atoms with E-state index >= 15 is 0 Å². The predicted molar refractivity (Wildman–Crippen MR) is 120 cm³/mol. The number of nitrogens with zero attached hydrogens (tertiary/aromatic N) is 1. The number of carbonyl (C=O) groups excluding carboxylic acids is 1. The van der Waals surface area contributed by atoms with Crippen molar-refractivity contribution < 1.29 is 22.3 Å². The number of aromatic amines is 2. The van der Waals surface area contributed by atoms with Crippen LogP contribution in [0.4, 0.5) is 4.39 Å². The van der Waals surface area contributed by atoms with Gasteiger partial charge in [0.1, 0.15) is 11.5 Å². The second kappa shape index (κ2) is 7.53. The van der Waals surface area contributed by atoms with E-state index in [2.05, 4.69) is 9.97 Å². The Bertz CT molecular complexity index is 1610. The molecule has 33 heavy (non-hydrogen) atoms. The molecule has 8 nitrogen and oxygen atoms in total. The van der Waals surface area contributed by atoms with Crippen molar-refractivity contribution in [3.63, 3.8) is 0 Å². The van der Waals surface area contributed by atoms with E-state index in [0.717, 1.165) is 6.26 Å². The number of pyridine rings is 1. The van der Waals surface area contributed by atoms with Gasteiger partial charge >= 0.3 is 0 Å². The van der Waals surface area contributed by atoms with E-state index in [1.165, 1.54) is 29.2 Å². The SMILES string of the molecule is CN(C(=O)c1cc2cc(S(C)(=O)=O)ccc2[nH]1)C1COCc2[nH]c(=O)c3cc(F)ccc3c21. The summed E-state index contributed by atoms with van der Waals surface area (Å²) in [6.07, 6.45) is 1.13. The number of sulfone groups is 1. The highest BCUT2D eigenvalue weighted by Crippen LogP contribution is 2.34. The molecule has 170 valence electrons. The van der Waals surface area contributed by atoms with E-state index in [0.29, 0.717) is 27.5 Å². The molecule has 2 aromatic heterocycles. The summed E-state index contributed by atoms with van der Waals surface area (Å²) in [7, 11) is -1.76. The van der Waals surface area contributed by atoms with Gasteiger partial charge in [-0.15, -0.1) is 0 Å². The number of aromatic nitrogens is 2. The maximum Gasteiger partial charge on any atom is 0.270 e. The number of fused-ring (bicyclic) bond motifs is 4. The molecule has 1 amide bonds. The quantitative estimate of drug-likeness (QED) is 0.479. The topological polar surface area (TPSA) is 112 Å². The van der Waals surface area contributed by atoms with Gasteiger partial charge in [-0.2, -0.15) is 0 Å². The van der Waals surface area contributed by atoms with Crippen molar-refractivity contribution in [3.05, 3.63) is 75.6 Å². The lowest BCUT2D eigenvalue weighted by Crippen LogP contribution is -2.37. The highest BCUT2D eigenvalue weighted by molar-refractivity contribution is 7.90. The van der Waals surface area contributed by atoms with Crippen LogP contribution in [0.25, 0.3) is 21.7 Å². The zero-order chi connectivity index (χ0) is 23.5. The molecule has 1 aliphatic rings. The molecule has 4 aromatic rings. The Balaban J connectivity index is 1.57. The summed E-state index contributed by atoms with van der Waals surface area (Å²) in [6.45, 7) is 0.378. The summed E-state index contributed by atoms with van der Waals surface area (Å²) in [6, 6.07) is 9.72. The molecule has 5 rings (SSSR count). The molecule has 0 saturated carbocycles. The van der Waals surface area contributed by atoms with Crippen LogP contribution in [-0.4, -0.2) is 49.1 Å². The number of H-pyrrole nitrogens is 2. The molecule has 0 aliphatic carbocycles. The Labute approximate surface area is 187 Å². The number of ether oxygens (including phenoxy) is 1. The van der Waals surface area contributed by atoms with Crippen molar-refractivity contribution >= 4 is 37.4 Å². The lowest BCUT2D eigenvalue weighted by Gasteiger charge is -2.33. The van der Waals surface area contributed by atoms with Crippen molar-refractivity contribution in [2.24, 2.45) is 0 Å². The number of halogens is 1. The van der Waals surface area contributed by atoms with Crippen LogP contribution < -0.4 is 5.56 Å². The monoisotopic (exact) mass is 469 g/mol. The molecule has 0 fully saturated rings. The third-order valence-electron chi connectivity index (χ3n) is 6.00. The van der Waals surface area contributed by atoms with Crippen LogP contribution in [0.1, 0.15) is 27.8 Å². The number of nitrogens with one attached hydrogen (secondary N) is 2. The molecule has 0 radical (unpaired) electrons. The van der Waals surface area contributed by atoms with Gasteiger partial charge in [0.15, 0.2) is 9.84 Å². The zero-order valence-corrected chi connectivity index (χ0v) is 18.6. The smallest absolute Gasteiger partial charge is 0.270 e. The molecule has 3 heterocycles. The molecule has 1 atom stereocenters. The van der Waals surface area contributed by atoms with Gasteiger partial charge in [-0.25, -0.2) is 12.8 Å². The summed E-state index contributed by atoms with van der Waals surface area (Å²) in [5.41, 5.74) is 1.75. The first-order valence-electron chi connectivity index (χ1n) is 10.2. The van der Waals surface area contributed by atoms with Crippen LogP contribution in [0, 0.1) is 5.82 Å². The van der Waals surface area contributed by atoms with Crippen LogP contribution in [0.5, 0.6) is 0 Å². The maximum absolute atomic E-state index is 13.8. The minimum atomic E-state index is -3.38. The molecule has 2 aromatic carbocycles. The molecule has 10 heteroatoms. The normalized spacial score (nSPS) is 16.2. The van der Waals surface area contributed by atoms with Gasteiger partial charge in [-0.1, -0.05) is 6.07 Å². The van der Waals surface area contributed by atoms with Crippen LogP contribution >= 0.6 is 0 Å². The fourth-order valence-corrected chi connectivity index (χ4v) is 4.97. The van der Waals surface area contributed by atoms with Gasteiger partial charge in [0.2, 0.25) is 0 Å². The standard InChI is InChI=1S/C23H20FN3O5S/c1-27(23(29)18-8-12-7-14(33(2,30)31)4-6-17(12)25-18)20-11-32-10-19-21(20)15-5-3-13(24)9-16(15)22(28)26-19/h3-9,20,25H,10-11H2,1-2H3,(H,26,28). The van der Waals surface area contributed by atoms with Crippen LogP contribution in [0.15, 0.2) is 52.2 Å². The van der Waals surface area contributed by atoms with Crippen LogP contribution in [-0.2, 0) is 21.2 Å². The average Bonchev–Trinajstić information content (AvgIpc) is 3.21. The lowest BCUT2D eigenvalue weighted by molar-refractivity contribution is 0.0333. The largest absolute Gasteiger partial charge is 0.373 e. The van der Waals surface area contributed by atoms with Crippen molar-refractivity contribution in [1.82, 2.24) is 14.9 Å². The third kappa shape index (κ3) is 3.61. The predicted octanol–water partition coefficient (Wildman–Crippen LogP) is 2.90. The number of carbonyl (C=O) groups is 1. The van der Waals surface area contributed by atoms with E-state index in [4.69, 9.17) is 4.74 Å². The van der Waals surface area contributed by atoms with Gasteiger partial charge in [0.05, 0.1) is 29.5 Å². The maximum atomic E-state index is 13.8. The molecular formula is C23H20FN3O5S. The van der Waals surface area contributed by atoms with Gasteiger partial charge in [-0.3, -0.25) is 9.59 Å². The Morgan fingerprint density at radius 1 is 1.12 bits per heavy atom. The molecule has 1 unspecified atom stereocenters. The summed E-state index contributed by atoms with van der Waals surface area (Å²) in [4.78, 5) is 33.2. The first kappa shape index (κ1) is 21.4. The second-order valence-corrected chi connectivity index (χ2v) is 10.2. The van der Waals surface area contributed by atoms with Crippen LogP contribution in [0.3, 0.4) is 0 Å². The highest BCUT2D eigenvalue weighted by atomic mass is 32.2.